The third kappa shape index (κ3) is 5.15. The largest absolute Gasteiger partial charge is 0.326 e. The van der Waals surface area contributed by atoms with Crippen LogP contribution < -0.4 is 10.6 Å². The molecular formula is C20H18ClN3O2S. The van der Waals surface area contributed by atoms with Crippen molar-refractivity contribution in [3.63, 3.8) is 0 Å². The fourth-order valence-corrected chi connectivity index (χ4v) is 3.53. The van der Waals surface area contributed by atoms with Gasteiger partial charge < -0.3 is 10.6 Å². The highest BCUT2D eigenvalue weighted by Crippen LogP contribution is 2.26. The first kappa shape index (κ1) is 19.1. The van der Waals surface area contributed by atoms with E-state index in [0.29, 0.717) is 22.1 Å². The van der Waals surface area contributed by atoms with E-state index in [1.54, 1.807) is 12.1 Å². The molecule has 138 valence electrons. The number of carbonyl (C=O) groups excluding carboxylic acids is 2. The highest BCUT2D eigenvalue weighted by atomic mass is 35.5. The number of thiazole rings is 1. The lowest BCUT2D eigenvalue weighted by atomic mass is 10.2. The molecular weight excluding hydrogens is 382 g/mol. The van der Waals surface area contributed by atoms with Crippen LogP contribution in [0.25, 0.3) is 10.6 Å². The van der Waals surface area contributed by atoms with Crippen molar-refractivity contribution in [2.75, 3.05) is 10.6 Å². The number of aryl methyl sites for hydroxylation is 1. The zero-order valence-corrected chi connectivity index (χ0v) is 16.4. The summed E-state index contributed by atoms with van der Waals surface area (Å²) >= 11 is 7.45. The van der Waals surface area contributed by atoms with Gasteiger partial charge in [0.05, 0.1) is 12.1 Å². The Labute approximate surface area is 166 Å². The number of anilines is 2. The molecule has 2 amide bonds. The standard InChI is InChI=1S/C20H18ClN3O2S/c1-12-6-7-15(21)9-18(12)24-19(26)10-17-11-27-20(23-17)14-4-3-5-16(8-14)22-13(2)25/h3-9,11H,10H2,1-2H3,(H,22,25)(H,24,26). The summed E-state index contributed by atoms with van der Waals surface area (Å²) in [6.07, 6.45) is 0.174. The summed E-state index contributed by atoms with van der Waals surface area (Å²) in [6.45, 7) is 3.38. The van der Waals surface area contributed by atoms with E-state index >= 15 is 0 Å². The Morgan fingerprint density at radius 1 is 1.15 bits per heavy atom. The van der Waals surface area contributed by atoms with Crippen molar-refractivity contribution in [3.8, 4) is 10.6 Å². The fraction of sp³-hybridized carbons (Fsp3) is 0.150. The smallest absolute Gasteiger partial charge is 0.230 e. The van der Waals surface area contributed by atoms with Gasteiger partial charge in [-0.3, -0.25) is 9.59 Å². The predicted octanol–water partition coefficient (Wildman–Crippen LogP) is 4.91. The Morgan fingerprint density at radius 2 is 1.96 bits per heavy atom. The van der Waals surface area contributed by atoms with E-state index in [4.69, 9.17) is 11.6 Å². The summed E-state index contributed by atoms with van der Waals surface area (Å²) in [5.74, 6) is -0.274. The number of hydrogen-bond acceptors (Lipinski definition) is 4. The van der Waals surface area contributed by atoms with Crippen molar-refractivity contribution < 1.29 is 9.59 Å². The average Bonchev–Trinajstić information content (AvgIpc) is 3.06. The predicted molar refractivity (Wildman–Crippen MR) is 110 cm³/mol. The Balaban J connectivity index is 1.70. The molecule has 0 saturated carbocycles. The lowest BCUT2D eigenvalue weighted by Gasteiger charge is -2.08. The molecule has 2 N–H and O–H groups in total. The monoisotopic (exact) mass is 399 g/mol. The van der Waals surface area contributed by atoms with E-state index < -0.39 is 0 Å². The second-order valence-electron chi connectivity index (χ2n) is 6.09. The molecule has 0 saturated heterocycles. The molecule has 0 spiro atoms. The van der Waals surface area contributed by atoms with Gasteiger partial charge >= 0.3 is 0 Å². The number of amides is 2. The minimum absolute atomic E-state index is 0.125. The summed E-state index contributed by atoms with van der Waals surface area (Å²) in [7, 11) is 0. The van der Waals surface area contributed by atoms with Crippen LogP contribution in [0, 0.1) is 6.92 Å². The summed E-state index contributed by atoms with van der Waals surface area (Å²) in [4.78, 5) is 28.1. The van der Waals surface area contributed by atoms with E-state index in [1.165, 1.54) is 18.3 Å². The van der Waals surface area contributed by atoms with Gasteiger partial charge in [0.1, 0.15) is 5.01 Å². The Hall–Kier alpha value is -2.70. The normalized spacial score (nSPS) is 10.5. The number of nitrogens with one attached hydrogen (secondary N) is 2. The van der Waals surface area contributed by atoms with Crippen LogP contribution in [0.4, 0.5) is 11.4 Å². The second kappa shape index (κ2) is 8.33. The highest BCUT2D eigenvalue weighted by Gasteiger charge is 2.11. The van der Waals surface area contributed by atoms with Gasteiger partial charge in [-0.2, -0.15) is 0 Å². The molecule has 7 heteroatoms. The lowest BCUT2D eigenvalue weighted by Crippen LogP contribution is -2.15. The maximum atomic E-state index is 12.3. The molecule has 0 aliphatic heterocycles. The van der Waals surface area contributed by atoms with Gasteiger partial charge in [0.15, 0.2) is 0 Å². The van der Waals surface area contributed by atoms with E-state index in [-0.39, 0.29) is 18.2 Å². The van der Waals surface area contributed by atoms with Crippen molar-refractivity contribution in [1.82, 2.24) is 4.98 Å². The van der Waals surface area contributed by atoms with Crippen molar-refractivity contribution >= 4 is 46.1 Å². The van der Waals surface area contributed by atoms with Crippen LogP contribution in [0.3, 0.4) is 0 Å². The second-order valence-corrected chi connectivity index (χ2v) is 7.38. The minimum atomic E-state index is -0.149. The molecule has 3 aromatic rings. The lowest BCUT2D eigenvalue weighted by molar-refractivity contribution is -0.116. The average molecular weight is 400 g/mol. The van der Waals surface area contributed by atoms with Gasteiger partial charge in [-0.1, -0.05) is 29.8 Å². The van der Waals surface area contributed by atoms with Gasteiger partial charge in [0, 0.05) is 34.3 Å². The summed E-state index contributed by atoms with van der Waals surface area (Å²) in [6, 6.07) is 12.8. The van der Waals surface area contributed by atoms with Gasteiger partial charge in [-0.15, -0.1) is 11.3 Å². The molecule has 27 heavy (non-hydrogen) atoms. The number of rotatable bonds is 5. The number of aromatic nitrogens is 1. The van der Waals surface area contributed by atoms with Gasteiger partial charge in [-0.25, -0.2) is 4.98 Å². The van der Waals surface area contributed by atoms with Crippen LogP contribution in [-0.4, -0.2) is 16.8 Å². The van der Waals surface area contributed by atoms with Gasteiger partial charge in [-0.05, 0) is 36.8 Å². The van der Waals surface area contributed by atoms with E-state index in [2.05, 4.69) is 15.6 Å². The molecule has 0 unspecified atom stereocenters. The van der Waals surface area contributed by atoms with Crippen LogP contribution in [0.2, 0.25) is 5.02 Å². The van der Waals surface area contributed by atoms with E-state index in [1.807, 2.05) is 42.6 Å². The molecule has 0 fully saturated rings. The van der Waals surface area contributed by atoms with Crippen LogP contribution in [0.15, 0.2) is 47.8 Å². The minimum Gasteiger partial charge on any atom is -0.326 e. The third-order valence-electron chi connectivity index (χ3n) is 3.80. The summed E-state index contributed by atoms with van der Waals surface area (Å²) < 4.78 is 0. The topological polar surface area (TPSA) is 71.1 Å². The molecule has 0 radical (unpaired) electrons. The van der Waals surface area contributed by atoms with Crippen molar-refractivity contribution in [3.05, 3.63) is 64.1 Å². The number of carbonyl (C=O) groups is 2. The molecule has 1 heterocycles. The third-order valence-corrected chi connectivity index (χ3v) is 4.97. The molecule has 5 nitrogen and oxygen atoms in total. The van der Waals surface area contributed by atoms with Crippen molar-refractivity contribution in [2.45, 2.75) is 20.3 Å². The maximum absolute atomic E-state index is 12.3. The zero-order chi connectivity index (χ0) is 19.4. The molecule has 0 aliphatic carbocycles. The molecule has 1 aromatic heterocycles. The molecule has 0 bridgehead atoms. The first-order valence-electron chi connectivity index (χ1n) is 8.29. The molecule has 2 aromatic carbocycles. The molecule has 0 aliphatic rings. The summed E-state index contributed by atoms with van der Waals surface area (Å²) in [5, 5.41) is 8.86. The first-order chi connectivity index (χ1) is 12.9. The van der Waals surface area contributed by atoms with Crippen LogP contribution in [0.5, 0.6) is 0 Å². The van der Waals surface area contributed by atoms with Crippen molar-refractivity contribution in [2.24, 2.45) is 0 Å². The fourth-order valence-electron chi connectivity index (χ4n) is 2.54. The van der Waals surface area contributed by atoms with Crippen molar-refractivity contribution in [1.29, 1.82) is 0 Å². The molecule has 0 atom stereocenters. The SMILES string of the molecule is CC(=O)Nc1cccc(-c2nc(CC(=O)Nc3cc(Cl)ccc3C)cs2)c1. The van der Waals surface area contributed by atoms with Crippen LogP contribution >= 0.6 is 22.9 Å². The molecule has 3 rings (SSSR count). The van der Waals surface area contributed by atoms with Crippen LogP contribution in [-0.2, 0) is 16.0 Å². The maximum Gasteiger partial charge on any atom is 0.230 e. The Kier molecular flexibility index (Phi) is 5.88. The highest BCUT2D eigenvalue weighted by molar-refractivity contribution is 7.13. The van der Waals surface area contributed by atoms with Crippen LogP contribution in [0.1, 0.15) is 18.2 Å². The Morgan fingerprint density at radius 3 is 2.74 bits per heavy atom. The first-order valence-corrected chi connectivity index (χ1v) is 9.55. The van der Waals surface area contributed by atoms with Gasteiger partial charge in [0.2, 0.25) is 11.8 Å². The van der Waals surface area contributed by atoms with E-state index in [0.717, 1.165) is 16.1 Å². The Bertz CT molecular complexity index is 1000. The van der Waals surface area contributed by atoms with E-state index in [9.17, 15) is 9.59 Å². The summed E-state index contributed by atoms with van der Waals surface area (Å²) in [5.41, 5.74) is 3.94. The number of nitrogens with zero attached hydrogens (tertiary/aromatic N) is 1. The number of benzene rings is 2. The number of halogens is 1. The number of hydrogen-bond donors (Lipinski definition) is 2. The zero-order valence-electron chi connectivity index (χ0n) is 14.9. The quantitative estimate of drug-likeness (QED) is 0.640. The van der Waals surface area contributed by atoms with Gasteiger partial charge in [0.25, 0.3) is 0 Å².